The van der Waals surface area contributed by atoms with Gasteiger partial charge < -0.3 is 15.2 Å². The standard InChI is InChI=1S/C17H27NO2/c1-14(2)10-11-20-13-17(12-19,18-16-8-9-16)15-6-4-3-5-7-15/h3-7,14,16,18-19H,8-13H2,1-2H3. The Morgan fingerprint density at radius 3 is 2.55 bits per heavy atom. The van der Waals surface area contributed by atoms with Crippen LogP contribution in [0.15, 0.2) is 30.3 Å². The smallest absolute Gasteiger partial charge is 0.0908 e. The Bertz CT molecular complexity index is 389. The molecule has 0 amide bonds. The zero-order valence-electron chi connectivity index (χ0n) is 12.6. The third-order valence-electron chi connectivity index (χ3n) is 3.84. The molecule has 1 aromatic carbocycles. The van der Waals surface area contributed by atoms with Crippen molar-refractivity contribution in [1.82, 2.24) is 5.32 Å². The number of rotatable bonds is 9. The van der Waals surface area contributed by atoms with E-state index in [0.29, 0.717) is 18.6 Å². The van der Waals surface area contributed by atoms with Crippen molar-refractivity contribution in [3.05, 3.63) is 35.9 Å². The SMILES string of the molecule is CC(C)CCOCC(CO)(NC1CC1)c1ccccc1. The molecule has 20 heavy (non-hydrogen) atoms. The van der Waals surface area contributed by atoms with E-state index in [1.165, 1.54) is 12.8 Å². The van der Waals surface area contributed by atoms with E-state index in [4.69, 9.17) is 4.74 Å². The van der Waals surface area contributed by atoms with Gasteiger partial charge in [-0.1, -0.05) is 44.2 Å². The Hall–Kier alpha value is -0.900. The Morgan fingerprint density at radius 1 is 1.30 bits per heavy atom. The lowest BCUT2D eigenvalue weighted by Crippen LogP contribution is -2.50. The highest BCUT2D eigenvalue weighted by Gasteiger charge is 2.37. The summed E-state index contributed by atoms with van der Waals surface area (Å²) in [6, 6.07) is 10.7. The molecule has 3 nitrogen and oxygen atoms in total. The van der Waals surface area contributed by atoms with E-state index < -0.39 is 5.54 Å². The summed E-state index contributed by atoms with van der Waals surface area (Å²) >= 11 is 0. The molecule has 0 spiro atoms. The average molecular weight is 277 g/mol. The van der Waals surface area contributed by atoms with Crippen LogP contribution in [-0.4, -0.2) is 31.0 Å². The minimum absolute atomic E-state index is 0.0647. The second-order valence-corrected chi connectivity index (χ2v) is 6.26. The second-order valence-electron chi connectivity index (χ2n) is 6.26. The third-order valence-corrected chi connectivity index (χ3v) is 3.84. The first-order valence-electron chi connectivity index (χ1n) is 7.68. The first-order valence-corrected chi connectivity index (χ1v) is 7.68. The molecule has 0 bridgehead atoms. The number of aliphatic hydroxyl groups excluding tert-OH is 1. The van der Waals surface area contributed by atoms with Gasteiger partial charge >= 0.3 is 0 Å². The van der Waals surface area contributed by atoms with Gasteiger partial charge in [0, 0.05) is 12.6 Å². The van der Waals surface area contributed by atoms with Crippen molar-refractivity contribution in [2.24, 2.45) is 5.92 Å². The molecule has 1 aliphatic carbocycles. The minimum atomic E-state index is -0.459. The first-order chi connectivity index (χ1) is 9.66. The van der Waals surface area contributed by atoms with Crippen LogP contribution in [0.3, 0.4) is 0 Å². The molecule has 2 N–H and O–H groups in total. The maximum Gasteiger partial charge on any atom is 0.0908 e. The monoisotopic (exact) mass is 277 g/mol. The van der Waals surface area contributed by atoms with Gasteiger partial charge in [-0.05, 0) is 30.7 Å². The third kappa shape index (κ3) is 4.30. The van der Waals surface area contributed by atoms with E-state index in [2.05, 4.69) is 31.3 Å². The fraction of sp³-hybridized carbons (Fsp3) is 0.647. The highest BCUT2D eigenvalue weighted by molar-refractivity contribution is 5.25. The summed E-state index contributed by atoms with van der Waals surface area (Å²) < 4.78 is 5.86. The molecule has 1 atom stereocenters. The minimum Gasteiger partial charge on any atom is -0.394 e. The number of nitrogens with one attached hydrogen (secondary N) is 1. The molecule has 0 aliphatic heterocycles. The molecular formula is C17H27NO2. The van der Waals surface area contributed by atoms with E-state index in [1.807, 2.05) is 18.2 Å². The van der Waals surface area contributed by atoms with Crippen molar-refractivity contribution in [2.75, 3.05) is 19.8 Å². The lowest BCUT2D eigenvalue weighted by Gasteiger charge is -2.34. The van der Waals surface area contributed by atoms with Crippen LogP contribution in [0.1, 0.15) is 38.7 Å². The van der Waals surface area contributed by atoms with Crippen molar-refractivity contribution in [1.29, 1.82) is 0 Å². The van der Waals surface area contributed by atoms with E-state index >= 15 is 0 Å². The van der Waals surface area contributed by atoms with Crippen molar-refractivity contribution in [3.63, 3.8) is 0 Å². The largest absolute Gasteiger partial charge is 0.394 e. The van der Waals surface area contributed by atoms with Crippen molar-refractivity contribution in [2.45, 2.75) is 44.7 Å². The Kier molecular flexibility index (Phi) is 5.58. The van der Waals surface area contributed by atoms with Crippen LogP contribution in [0.25, 0.3) is 0 Å². The summed E-state index contributed by atoms with van der Waals surface area (Å²) in [6.45, 7) is 5.73. The Balaban J connectivity index is 2.02. The summed E-state index contributed by atoms with van der Waals surface area (Å²) in [5.74, 6) is 0.645. The van der Waals surface area contributed by atoms with Crippen molar-refractivity contribution < 1.29 is 9.84 Å². The summed E-state index contributed by atoms with van der Waals surface area (Å²) in [6.07, 6.45) is 3.45. The number of hydrogen-bond donors (Lipinski definition) is 2. The van der Waals surface area contributed by atoms with E-state index in [-0.39, 0.29) is 6.61 Å². The zero-order valence-corrected chi connectivity index (χ0v) is 12.6. The van der Waals surface area contributed by atoms with Crippen LogP contribution in [0, 0.1) is 5.92 Å². The van der Waals surface area contributed by atoms with Gasteiger partial charge in [0.05, 0.1) is 18.8 Å². The maximum absolute atomic E-state index is 9.97. The van der Waals surface area contributed by atoms with E-state index in [1.54, 1.807) is 0 Å². The number of aliphatic hydroxyl groups is 1. The average Bonchev–Trinajstić information content (AvgIpc) is 3.27. The fourth-order valence-corrected chi connectivity index (χ4v) is 2.33. The number of ether oxygens (including phenoxy) is 1. The number of hydrogen-bond acceptors (Lipinski definition) is 3. The quantitative estimate of drug-likeness (QED) is 0.682. The second kappa shape index (κ2) is 7.21. The highest BCUT2D eigenvalue weighted by atomic mass is 16.5. The highest BCUT2D eigenvalue weighted by Crippen LogP contribution is 2.29. The summed E-state index contributed by atoms with van der Waals surface area (Å²) in [7, 11) is 0. The van der Waals surface area contributed by atoms with Crippen LogP contribution in [-0.2, 0) is 10.3 Å². The molecular weight excluding hydrogens is 250 g/mol. The van der Waals surface area contributed by atoms with Gasteiger partial charge in [-0.15, -0.1) is 0 Å². The fourth-order valence-electron chi connectivity index (χ4n) is 2.33. The van der Waals surface area contributed by atoms with Gasteiger partial charge in [0.1, 0.15) is 0 Å². The van der Waals surface area contributed by atoms with Gasteiger partial charge in [0.25, 0.3) is 0 Å². The van der Waals surface area contributed by atoms with E-state index in [0.717, 1.165) is 18.6 Å². The van der Waals surface area contributed by atoms with Gasteiger partial charge in [0.15, 0.2) is 0 Å². The molecule has 1 fully saturated rings. The molecule has 1 aliphatic rings. The molecule has 1 saturated carbocycles. The zero-order chi connectivity index (χ0) is 14.4. The van der Waals surface area contributed by atoms with Crippen LogP contribution in [0.4, 0.5) is 0 Å². The summed E-state index contributed by atoms with van der Waals surface area (Å²) in [5.41, 5.74) is 0.651. The molecule has 3 heteroatoms. The summed E-state index contributed by atoms with van der Waals surface area (Å²) in [5, 5.41) is 13.6. The maximum atomic E-state index is 9.97. The predicted octanol–water partition coefficient (Wildman–Crippen LogP) is 2.69. The lowest BCUT2D eigenvalue weighted by molar-refractivity contribution is 0.0282. The molecule has 0 heterocycles. The predicted molar refractivity (Wildman–Crippen MR) is 81.6 cm³/mol. The lowest BCUT2D eigenvalue weighted by atomic mass is 9.91. The van der Waals surface area contributed by atoms with Crippen LogP contribution in [0.2, 0.25) is 0 Å². The van der Waals surface area contributed by atoms with Crippen LogP contribution < -0.4 is 5.32 Å². The van der Waals surface area contributed by atoms with Gasteiger partial charge in [-0.3, -0.25) is 0 Å². The molecule has 112 valence electrons. The van der Waals surface area contributed by atoms with Crippen molar-refractivity contribution >= 4 is 0 Å². The molecule has 0 radical (unpaired) electrons. The van der Waals surface area contributed by atoms with Crippen LogP contribution in [0.5, 0.6) is 0 Å². The molecule has 1 aromatic rings. The Labute approximate surface area is 122 Å². The normalized spacial score (nSPS) is 18.2. The topological polar surface area (TPSA) is 41.5 Å². The van der Waals surface area contributed by atoms with Gasteiger partial charge in [-0.25, -0.2) is 0 Å². The van der Waals surface area contributed by atoms with Gasteiger partial charge in [-0.2, -0.15) is 0 Å². The molecule has 2 rings (SSSR count). The van der Waals surface area contributed by atoms with Crippen molar-refractivity contribution in [3.8, 4) is 0 Å². The summed E-state index contributed by atoms with van der Waals surface area (Å²) in [4.78, 5) is 0. The number of benzene rings is 1. The molecule has 0 saturated heterocycles. The molecule has 1 unspecified atom stereocenters. The Morgan fingerprint density at radius 2 is 2.00 bits per heavy atom. The van der Waals surface area contributed by atoms with E-state index in [9.17, 15) is 5.11 Å². The first kappa shape index (κ1) is 15.5. The van der Waals surface area contributed by atoms with Crippen LogP contribution >= 0.6 is 0 Å². The molecule has 0 aromatic heterocycles. The van der Waals surface area contributed by atoms with Gasteiger partial charge in [0.2, 0.25) is 0 Å².